The summed E-state index contributed by atoms with van der Waals surface area (Å²) in [7, 11) is 2.97. The predicted molar refractivity (Wildman–Crippen MR) is 101 cm³/mol. The van der Waals surface area contributed by atoms with E-state index in [0.717, 1.165) is 0 Å². The second kappa shape index (κ2) is 8.52. The van der Waals surface area contributed by atoms with E-state index in [0.29, 0.717) is 23.7 Å². The van der Waals surface area contributed by atoms with Crippen molar-refractivity contribution in [1.29, 1.82) is 0 Å². The zero-order chi connectivity index (χ0) is 19.2. The lowest BCUT2D eigenvalue weighted by molar-refractivity contribution is -0.118. The minimum Gasteiger partial charge on any atom is -0.496 e. The van der Waals surface area contributed by atoms with Crippen LogP contribution in [0.2, 0.25) is 0 Å². The molecular formula is C19H22N4O4. The first-order valence-electron chi connectivity index (χ1n) is 8.50. The van der Waals surface area contributed by atoms with Crippen LogP contribution in [0.15, 0.2) is 48.5 Å². The lowest BCUT2D eigenvalue weighted by Gasteiger charge is -2.20. The summed E-state index contributed by atoms with van der Waals surface area (Å²) in [4.78, 5) is 25.4. The van der Waals surface area contributed by atoms with E-state index in [4.69, 9.17) is 9.47 Å². The number of hydrogen-bond acceptors (Lipinski definition) is 6. The largest absolute Gasteiger partial charge is 0.496 e. The third-order valence-corrected chi connectivity index (χ3v) is 4.28. The van der Waals surface area contributed by atoms with Gasteiger partial charge >= 0.3 is 0 Å². The average Bonchev–Trinajstić information content (AvgIpc) is 3.16. The van der Waals surface area contributed by atoms with Gasteiger partial charge in [-0.15, -0.1) is 0 Å². The molecule has 1 saturated heterocycles. The van der Waals surface area contributed by atoms with Gasteiger partial charge in [0.2, 0.25) is 5.91 Å². The van der Waals surface area contributed by atoms with Gasteiger partial charge in [-0.2, -0.15) is 0 Å². The first-order valence-corrected chi connectivity index (χ1v) is 8.50. The number of amides is 2. The minimum absolute atomic E-state index is 0.247. The Hall–Kier alpha value is -3.10. The summed E-state index contributed by atoms with van der Waals surface area (Å²) in [6.07, 6.45) is 0. The van der Waals surface area contributed by atoms with E-state index in [1.54, 1.807) is 30.3 Å². The molecule has 1 aliphatic heterocycles. The Bertz CT molecular complexity index is 790. The standard InChI is InChI=1S/C19H22N4O4/c1-26-14-9-6-10-15(27-2)16(14)18(24)22-13-11-20-23-17(13)19(25)21-12-7-4-3-5-8-12/h3-10,13,17,20,23H,11H2,1-2H3,(H,21,25)(H,22,24). The number of methoxy groups -OCH3 is 2. The SMILES string of the molecule is COc1cccc(OC)c1C(=O)NC1CNNC1C(=O)Nc1ccccc1. The van der Waals surface area contributed by atoms with E-state index in [-0.39, 0.29) is 17.4 Å². The van der Waals surface area contributed by atoms with Crippen molar-refractivity contribution in [2.45, 2.75) is 12.1 Å². The number of nitrogens with one attached hydrogen (secondary N) is 4. The number of rotatable bonds is 6. The number of anilines is 1. The van der Waals surface area contributed by atoms with Crippen LogP contribution < -0.4 is 31.0 Å². The van der Waals surface area contributed by atoms with Gasteiger partial charge in [-0.25, -0.2) is 5.43 Å². The Morgan fingerprint density at radius 1 is 1.00 bits per heavy atom. The van der Waals surface area contributed by atoms with Crippen molar-refractivity contribution in [1.82, 2.24) is 16.2 Å². The number of benzene rings is 2. The molecular weight excluding hydrogens is 348 g/mol. The van der Waals surface area contributed by atoms with E-state index >= 15 is 0 Å². The molecule has 3 rings (SSSR count). The first kappa shape index (κ1) is 18.7. The van der Waals surface area contributed by atoms with Crippen LogP contribution in [0.3, 0.4) is 0 Å². The van der Waals surface area contributed by atoms with Crippen LogP contribution >= 0.6 is 0 Å². The van der Waals surface area contributed by atoms with Gasteiger partial charge < -0.3 is 20.1 Å². The Balaban J connectivity index is 1.73. The van der Waals surface area contributed by atoms with Gasteiger partial charge in [0, 0.05) is 12.2 Å². The number of carbonyl (C=O) groups is 2. The Morgan fingerprint density at radius 3 is 2.30 bits per heavy atom. The maximum atomic E-state index is 12.8. The van der Waals surface area contributed by atoms with Crippen LogP contribution in [0.5, 0.6) is 11.5 Å². The van der Waals surface area contributed by atoms with E-state index in [9.17, 15) is 9.59 Å². The van der Waals surface area contributed by atoms with Crippen LogP contribution in [-0.4, -0.2) is 44.7 Å². The molecule has 8 heteroatoms. The van der Waals surface area contributed by atoms with Crippen molar-refractivity contribution < 1.29 is 19.1 Å². The maximum absolute atomic E-state index is 12.8. The Morgan fingerprint density at radius 2 is 1.67 bits per heavy atom. The van der Waals surface area contributed by atoms with Gasteiger partial charge in [0.05, 0.1) is 20.3 Å². The quantitative estimate of drug-likeness (QED) is 0.603. The summed E-state index contributed by atoms with van der Waals surface area (Å²) in [5.41, 5.74) is 6.79. The summed E-state index contributed by atoms with van der Waals surface area (Å²) < 4.78 is 10.6. The minimum atomic E-state index is -0.630. The molecule has 27 heavy (non-hydrogen) atoms. The number of hydrazine groups is 1. The van der Waals surface area contributed by atoms with Crippen LogP contribution in [0.1, 0.15) is 10.4 Å². The predicted octanol–water partition coefficient (Wildman–Crippen LogP) is 0.917. The molecule has 0 aliphatic carbocycles. The van der Waals surface area contributed by atoms with Gasteiger partial charge in [-0.05, 0) is 24.3 Å². The van der Waals surface area contributed by atoms with Crippen LogP contribution in [0, 0.1) is 0 Å². The average molecular weight is 370 g/mol. The molecule has 0 spiro atoms. The molecule has 0 saturated carbocycles. The van der Waals surface area contributed by atoms with E-state index in [2.05, 4.69) is 21.5 Å². The third-order valence-electron chi connectivity index (χ3n) is 4.28. The highest BCUT2D eigenvalue weighted by molar-refractivity contribution is 6.01. The fraction of sp³-hybridized carbons (Fsp3) is 0.263. The second-order valence-electron chi connectivity index (χ2n) is 5.98. The first-order chi connectivity index (χ1) is 13.1. The van der Waals surface area contributed by atoms with E-state index in [1.165, 1.54) is 14.2 Å². The fourth-order valence-electron chi connectivity index (χ4n) is 2.94. The molecule has 1 aliphatic rings. The zero-order valence-electron chi connectivity index (χ0n) is 15.1. The molecule has 2 unspecified atom stereocenters. The smallest absolute Gasteiger partial charge is 0.259 e. The lowest BCUT2D eigenvalue weighted by atomic mass is 10.1. The van der Waals surface area contributed by atoms with Crippen LogP contribution in [0.4, 0.5) is 5.69 Å². The topological polar surface area (TPSA) is 101 Å². The molecule has 1 fully saturated rings. The van der Waals surface area contributed by atoms with Gasteiger partial charge in [0.1, 0.15) is 23.1 Å². The zero-order valence-corrected chi connectivity index (χ0v) is 15.1. The van der Waals surface area contributed by atoms with Crippen molar-refractivity contribution >= 4 is 17.5 Å². The molecule has 0 radical (unpaired) electrons. The maximum Gasteiger partial charge on any atom is 0.259 e. The molecule has 2 atom stereocenters. The van der Waals surface area contributed by atoms with Crippen molar-refractivity contribution in [2.24, 2.45) is 0 Å². The molecule has 0 aromatic heterocycles. The Labute approximate surface area is 157 Å². The molecule has 8 nitrogen and oxygen atoms in total. The van der Waals surface area contributed by atoms with Crippen molar-refractivity contribution in [2.75, 3.05) is 26.1 Å². The summed E-state index contributed by atoms with van der Waals surface area (Å²) in [6.45, 7) is 0.399. The van der Waals surface area contributed by atoms with Gasteiger partial charge in [0.15, 0.2) is 0 Å². The number of carbonyl (C=O) groups excluding carboxylic acids is 2. The van der Waals surface area contributed by atoms with Crippen molar-refractivity contribution in [3.63, 3.8) is 0 Å². The normalized spacial score (nSPS) is 18.6. The van der Waals surface area contributed by atoms with E-state index in [1.807, 2.05) is 18.2 Å². The molecule has 2 amide bonds. The highest BCUT2D eigenvalue weighted by Crippen LogP contribution is 2.28. The number of hydrogen-bond donors (Lipinski definition) is 4. The molecule has 1 heterocycles. The summed E-state index contributed by atoms with van der Waals surface area (Å²) in [5, 5.41) is 5.71. The third kappa shape index (κ3) is 4.18. The number of ether oxygens (including phenoxy) is 2. The summed E-state index contributed by atoms with van der Waals surface area (Å²) in [5.74, 6) is 0.174. The number of para-hydroxylation sites is 1. The summed E-state index contributed by atoms with van der Waals surface area (Å²) in [6, 6.07) is 13.2. The Kier molecular flexibility index (Phi) is 5.90. The monoisotopic (exact) mass is 370 g/mol. The fourth-order valence-corrected chi connectivity index (χ4v) is 2.94. The molecule has 2 aromatic carbocycles. The highest BCUT2D eigenvalue weighted by atomic mass is 16.5. The van der Waals surface area contributed by atoms with Crippen LogP contribution in [0.25, 0.3) is 0 Å². The van der Waals surface area contributed by atoms with Gasteiger partial charge in [-0.1, -0.05) is 24.3 Å². The van der Waals surface area contributed by atoms with Crippen molar-refractivity contribution in [3.8, 4) is 11.5 Å². The second-order valence-corrected chi connectivity index (χ2v) is 5.98. The van der Waals surface area contributed by atoms with Gasteiger partial charge in [-0.3, -0.25) is 15.0 Å². The highest BCUT2D eigenvalue weighted by Gasteiger charge is 2.35. The molecule has 4 N–H and O–H groups in total. The molecule has 142 valence electrons. The van der Waals surface area contributed by atoms with Crippen LogP contribution in [-0.2, 0) is 4.79 Å². The van der Waals surface area contributed by atoms with Gasteiger partial charge in [0.25, 0.3) is 5.91 Å². The van der Waals surface area contributed by atoms with E-state index < -0.39 is 12.1 Å². The lowest BCUT2D eigenvalue weighted by Crippen LogP contribution is -2.51. The molecule has 0 bridgehead atoms. The van der Waals surface area contributed by atoms with Crippen molar-refractivity contribution in [3.05, 3.63) is 54.1 Å². The molecule has 2 aromatic rings. The summed E-state index contributed by atoms with van der Waals surface area (Å²) >= 11 is 0.